The lowest BCUT2D eigenvalue weighted by Gasteiger charge is -2.37. The lowest BCUT2D eigenvalue weighted by Crippen LogP contribution is -2.46. The van der Waals surface area contributed by atoms with Crippen LogP contribution in [0.25, 0.3) is 11.1 Å². The molecule has 0 bridgehead atoms. The first kappa shape index (κ1) is 25.7. The predicted octanol–water partition coefficient (Wildman–Crippen LogP) is 5.50. The second kappa shape index (κ2) is 13.1. The Morgan fingerprint density at radius 3 is 2.33 bits per heavy atom. The van der Waals surface area contributed by atoms with Crippen molar-refractivity contribution in [1.29, 1.82) is 0 Å². The highest BCUT2D eigenvalue weighted by atomic mass is 19.1. The molecule has 0 aromatic heterocycles. The molecule has 4 rings (SSSR count). The van der Waals surface area contributed by atoms with Crippen LogP contribution in [0.1, 0.15) is 31.2 Å². The van der Waals surface area contributed by atoms with Gasteiger partial charge in [0.25, 0.3) is 0 Å². The highest BCUT2D eigenvalue weighted by Crippen LogP contribution is 2.32. The summed E-state index contributed by atoms with van der Waals surface area (Å²) in [4.78, 5) is 17.1. The third-order valence-corrected chi connectivity index (χ3v) is 6.80. The van der Waals surface area contributed by atoms with Gasteiger partial charge in [-0.25, -0.2) is 4.39 Å². The third-order valence-electron chi connectivity index (χ3n) is 6.80. The van der Waals surface area contributed by atoms with Crippen molar-refractivity contribution in [3.8, 4) is 16.9 Å². The maximum Gasteiger partial charge on any atom is 0.220 e. The maximum absolute atomic E-state index is 13.0. The minimum Gasteiger partial charge on any atom is -0.497 e. The van der Waals surface area contributed by atoms with E-state index in [4.69, 9.17) is 4.74 Å². The summed E-state index contributed by atoms with van der Waals surface area (Å²) in [5, 5.41) is 2.92. The summed E-state index contributed by atoms with van der Waals surface area (Å²) in [6.45, 7) is 5.65. The number of nitrogens with one attached hydrogen (secondary N) is 1. The molecule has 1 aliphatic rings. The number of carbonyl (C=O) groups is 1. The molecule has 5 nitrogen and oxygen atoms in total. The van der Waals surface area contributed by atoms with Crippen LogP contribution in [0.3, 0.4) is 0 Å². The van der Waals surface area contributed by atoms with Crippen LogP contribution in [0, 0.1) is 5.82 Å². The van der Waals surface area contributed by atoms with E-state index < -0.39 is 0 Å². The van der Waals surface area contributed by atoms with Gasteiger partial charge in [0.15, 0.2) is 0 Å². The molecule has 0 saturated carbocycles. The number of nitrogens with zero attached hydrogens (tertiary/aromatic N) is 2. The zero-order valence-corrected chi connectivity index (χ0v) is 21.1. The molecule has 36 heavy (non-hydrogen) atoms. The average Bonchev–Trinajstić information content (AvgIpc) is 2.93. The van der Waals surface area contributed by atoms with Crippen molar-refractivity contribution in [1.82, 2.24) is 10.2 Å². The number of hydrogen-bond donors (Lipinski definition) is 1. The summed E-state index contributed by atoms with van der Waals surface area (Å²) in [6.07, 6.45) is 3.58. The molecule has 1 aliphatic heterocycles. The molecule has 1 heterocycles. The van der Waals surface area contributed by atoms with Gasteiger partial charge < -0.3 is 15.0 Å². The quantitative estimate of drug-likeness (QED) is 0.361. The number of halogens is 1. The highest BCUT2D eigenvalue weighted by Gasteiger charge is 2.19. The van der Waals surface area contributed by atoms with Gasteiger partial charge in [-0.1, -0.05) is 48.9 Å². The molecule has 3 aromatic rings. The van der Waals surface area contributed by atoms with Crippen LogP contribution in [0.5, 0.6) is 5.75 Å². The van der Waals surface area contributed by atoms with Gasteiger partial charge in [0.1, 0.15) is 11.6 Å². The average molecular weight is 490 g/mol. The molecule has 3 aromatic carbocycles. The standard InChI is InChI=1S/C30H36FN3O2/c1-36-27-16-12-25(13-17-27)28-7-4-5-8-29(28)34-21-19-33(20-22-34)18-6-2-3-9-30(35)32-23-24-10-14-26(31)15-11-24/h4-5,7-8,10-17H,2-3,6,9,18-23H2,1H3,(H,32,35). The molecule has 0 unspecified atom stereocenters. The van der Waals surface area contributed by atoms with Crippen molar-refractivity contribution < 1.29 is 13.9 Å². The van der Waals surface area contributed by atoms with E-state index in [1.807, 2.05) is 12.1 Å². The number of hydrogen-bond acceptors (Lipinski definition) is 4. The molecule has 1 saturated heterocycles. The number of para-hydroxylation sites is 1. The fraction of sp³-hybridized carbons (Fsp3) is 0.367. The largest absolute Gasteiger partial charge is 0.497 e. The second-order valence-corrected chi connectivity index (χ2v) is 9.29. The number of piperazine rings is 1. The second-order valence-electron chi connectivity index (χ2n) is 9.29. The Kier molecular flexibility index (Phi) is 9.33. The van der Waals surface area contributed by atoms with Crippen LogP contribution in [0.2, 0.25) is 0 Å². The fourth-order valence-corrected chi connectivity index (χ4v) is 4.67. The van der Waals surface area contributed by atoms with E-state index in [1.165, 1.54) is 28.9 Å². The number of methoxy groups -OCH3 is 1. The minimum absolute atomic E-state index is 0.0588. The van der Waals surface area contributed by atoms with Gasteiger partial charge in [0, 0.05) is 50.4 Å². The van der Waals surface area contributed by atoms with E-state index in [0.29, 0.717) is 13.0 Å². The number of amides is 1. The third kappa shape index (κ3) is 7.31. The summed E-state index contributed by atoms with van der Waals surface area (Å²) >= 11 is 0. The number of ether oxygens (including phenoxy) is 1. The number of benzene rings is 3. The van der Waals surface area contributed by atoms with Crippen molar-refractivity contribution in [2.75, 3.05) is 44.7 Å². The van der Waals surface area contributed by atoms with E-state index in [0.717, 1.165) is 63.3 Å². The highest BCUT2D eigenvalue weighted by molar-refractivity contribution is 5.79. The summed E-state index contributed by atoms with van der Waals surface area (Å²) < 4.78 is 18.3. The molecule has 0 radical (unpaired) electrons. The lowest BCUT2D eigenvalue weighted by molar-refractivity contribution is -0.121. The fourth-order valence-electron chi connectivity index (χ4n) is 4.67. The first-order valence-electron chi connectivity index (χ1n) is 12.8. The monoisotopic (exact) mass is 489 g/mol. The SMILES string of the molecule is COc1ccc(-c2ccccc2N2CCN(CCCCCC(=O)NCc3ccc(F)cc3)CC2)cc1. The molecular weight excluding hydrogens is 453 g/mol. The van der Waals surface area contributed by atoms with E-state index in [9.17, 15) is 9.18 Å². The minimum atomic E-state index is -0.259. The number of unbranched alkanes of at least 4 members (excludes halogenated alkanes) is 2. The van der Waals surface area contributed by atoms with Crippen LogP contribution in [-0.4, -0.2) is 50.6 Å². The van der Waals surface area contributed by atoms with Gasteiger partial charge in [-0.3, -0.25) is 9.69 Å². The topological polar surface area (TPSA) is 44.8 Å². The predicted molar refractivity (Wildman–Crippen MR) is 144 cm³/mol. The van der Waals surface area contributed by atoms with Crippen LogP contribution >= 0.6 is 0 Å². The molecule has 1 fully saturated rings. The number of rotatable bonds is 11. The molecule has 1 N–H and O–H groups in total. The van der Waals surface area contributed by atoms with Crippen molar-refractivity contribution in [3.05, 3.63) is 84.2 Å². The van der Waals surface area contributed by atoms with E-state index >= 15 is 0 Å². The van der Waals surface area contributed by atoms with E-state index in [1.54, 1.807) is 19.2 Å². The Labute approximate surface area is 213 Å². The summed E-state index contributed by atoms with van der Waals surface area (Å²) in [5.74, 6) is 0.670. The summed E-state index contributed by atoms with van der Waals surface area (Å²) in [7, 11) is 1.69. The molecule has 0 atom stereocenters. The zero-order chi connectivity index (χ0) is 25.2. The normalized spacial score (nSPS) is 14.0. The molecule has 0 spiro atoms. The van der Waals surface area contributed by atoms with Gasteiger partial charge in [-0.05, 0) is 60.8 Å². The van der Waals surface area contributed by atoms with Crippen molar-refractivity contribution in [2.24, 2.45) is 0 Å². The first-order valence-corrected chi connectivity index (χ1v) is 12.8. The van der Waals surface area contributed by atoms with Gasteiger partial charge >= 0.3 is 0 Å². The Morgan fingerprint density at radius 2 is 1.61 bits per heavy atom. The van der Waals surface area contributed by atoms with Crippen molar-refractivity contribution in [2.45, 2.75) is 32.2 Å². The van der Waals surface area contributed by atoms with Crippen molar-refractivity contribution >= 4 is 11.6 Å². The Balaban J connectivity index is 1.15. The Morgan fingerprint density at radius 1 is 0.889 bits per heavy atom. The van der Waals surface area contributed by atoms with Gasteiger partial charge in [0.05, 0.1) is 7.11 Å². The molecule has 1 amide bonds. The maximum atomic E-state index is 13.0. The molecule has 0 aliphatic carbocycles. The van der Waals surface area contributed by atoms with Gasteiger partial charge in [-0.15, -0.1) is 0 Å². The van der Waals surface area contributed by atoms with E-state index in [-0.39, 0.29) is 11.7 Å². The molecule has 190 valence electrons. The Bertz CT molecular complexity index is 1090. The van der Waals surface area contributed by atoms with Crippen LogP contribution in [-0.2, 0) is 11.3 Å². The van der Waals surface area contributed by atoms with Crippen LogP contribution in [0.15, 0.2) is 72.8 Å². The first-order chi connectivity index (χ1) is 17.6. The lowest BCUT2D eigenvalue weighted by atomic mass is 10.0. The number of carbonyl (C=O) groups excluding carboxylic acids is 1. The summed E-state index contributed by atoms with van der Waals surface area (Å²) in [6, 6.07) is 23.1. The Hall–Kier alpha value is -3.38. The van der Waals surface area contributed by atoms with Gasteiger partial charge in [0.2, 0.25) is 5.91 Å². The van der Waals surface area contributed by atoms with Crippen LogP contribution in [0.4, 0.5) is 10.1 Å². The van der Waals surface area contributed by atoms with Crippen molar-refractivity contribution in [3.63, 3.8) is 0 Å². The van der Waals surface area contributed by atoms with Gasteiger partial charge in [-0.2, -0.15) is 0 Å². The van der Waals surface area contributed by atoms with E-state index in [2.05, 4.69) is 51.5 Å². The molecular formula is C30H36FN3O2. The molecule has 6 heteroatoms. The zero-order valence-electron chi connectivity index (χ0n) is 21.1. The number of anilines is 1. The smallest absolute Gasteiger partial charge is 0.220 e. The summed E-state index contributed by atoms with van der Waals surface area (Å²) in [5.41, 5.74) is 4.66. The van der Waals surface area contributed by atoms with Crippen LogP contribution < -0.4 is 15.0 Å².